The van der Waals surface area contributed by atoms with Gasteiger partial charge >= 0.3 is 6.18 Å². The molecule has 0 fully saturated rings. The maximum absolute atomic E-state index is 13.4. The molecule has 184 valence electrons. The smallest absolute Gasteiger partial charge is 0.409 e. The number of amides is 1. The standard InChI is InChI=1S/C25H23ClF3N3O3/c1-15(33)30-21-7-3-2-5-19(21)16-9-11-18(12-10-16)35-14-17-13-23(25(27,28)29)31-32(17)24-20(26)6-4-8-22(24)34/h2-13,20,23-24,31,34H,14H2,1H3,(H,30,33). The number of benzene rings is 2. The highest BCUT2D eigenvalue weighted by molar-refractivity contribution is 6.22. The van der Waals surface area contributed by atoms with Crippen molar-refractivity contribution in [3.05, 3.63) is 84.3 Å². The van der Waals surface area contributed by atoms with Crippen LogP contribution in [-0.4, -0.2) is 46.3 Å². The molecule has 0 aromatic heterocycles. The largest absolute Gasteiger partial charge is 0.510 e. The lowest BCUT2D eigenvalue weighted by atomic mass is 10.0. The third-order valence-electron chi connectivity index (χ3n) is 5.53. The van der Waals surface area contributed by atoms with Crippen LogP contribution in [-0.2, 0) is 4.79 Å². The van der Waals surface area contributed by atoms with Crippen LogP contribution in [0.5, 0.6) is 5.75 Å². The van der Waals surface area contributed by atoms with Crippen molar-refractivity contribution < 1.29 is 27.8 Å². The van der Waals surface area contributed by atoms with Crippen LogP contribution in [0.15, 0.2) is 84.3 Å². The number of anilines is 1. The molecule has 1 aliphatic carbocycles. The molecule has 0 radical (unpaired) electrons. The highest BCUT2D eigenvalue weighted by Crippen LogP contribution is 2.33. The Kier molecular flexibility index (Phi) is 7.09. The molecule has 0 saturated carbocycles. The van der Waals surface area contributed by atoms with Crippen LogP contribution in [0.2, 0.25) is 0 Å². The van der Waals surface area contributed by atoms with Crippen LogP contribution in [0.1, 0.15) is 6.92 Å². The van der Waals surface area contributed by atoms with Gasteiger partial charge in [0.15, 0.2) is 0 Å². The number of alkyl halides is 4. The molecule has 0 saturated heterocycles. The van der Waals surface area contributed by atoms with Gasteiger partial charge in [0.2, 0.25) is 5.91 Å². The van der Waals surface area contributed by atoms with Gasteiger partial charge in [-0.2, -0.15) is 13.2 Å². The molecule has 10 heteroatoms. The predicted octanol–water partition coefficient (Wildman–Crippen LogP) is 5.31. The minimum atomic E-state index is -4.53. The van der Waals surface area contributed by atoms with Gasteiger partial charge < -0.3 is 15.2 Å². The second-order valence-electron chi connectivity index (χ2n) is 8.08. The number of rotatable bonds is 6. The van der Waals surface area contributed by atoms with Crippen LogP contribution in [0, 0.1) is 0 Å². The first kappa shape index (κ1) is 24.7. The van der Waals surface area contributed by atoms with Gasteiger partial charge in [-0.3, -0.25) is 9.80 Å². The fourth-order valence-corrected chi connectivity index (χ4v) is 4.24. The van der Waals surface area contributed by atoms with Crippen LogP contribution in [0.3, 0.4) is 0 Å². The topological polar surface area (TPSA) is 73.8 Å². The fourth-order valence-electron chi connectivity index (χ4n) is 3.91. The zero-order valence-corrected chi connectivity index (χ0v) is 19.3. The Bertz CT molecular complexity index is 1180. The number of aliphatic hydroxyl groups excluding tert-OH is 1. The summed E-state index contributed by atoms with van der Waals surface area (Å²) in [5.74, 6) is 0.0924. The van der Waals surface area contributed by atoms with E-state index in [1.54, 1.807) is 42.5 Å². The third kappa shape index (κ3) is 5.63. The lowest BCUT2D eigenvalue weighted by molar-refractivity contribution is -0.151. The Labute approximate surface area is 205 Å². The van der Waals surface area contributed by atoms with Crippen molar-refractivity contribution in [3.8, 4) is 16.9 Å². The van der Waals surface area contributed by atoms with E-state index in [-0.39, 0.29) is 24.0 Å². The van der Waals surface area contributed by atoms with Crippen LogP contribution in [0.4, 0.5) is 18.9 Å². The first-order chi connectivity index (χ1) is 16.6. The molecule has 1 aliphatic heterocycles. The van der Waals surface area contributed by atoms with Crippen LogP contribution >= 0.6 is 11.6 Å². The van der Waals surface area contributed by atoms with Crippen molar-refractivity contribution in [3.63, 3.8) is 0 Å². The number of allylic oxidation sites excluding steroid dienone is 2. The molecular weight excluding hydrogens is 483 g/mol. The summed E-state index contributed by atoms with van der Waals surface area (Å²) < 4.78 is 46.1. The summed E-state index contributed by atoms with van der Waals surface area (Å²) in [6.45, 7) is 1.25. The molecule has 1 amide bonds. The summed E-state index contributed by atoms with van der Waals surface area (Å²) in [6.07, 6.45) is 1.01. The minimum absolute atomic E-state index is 0.157. The first-order valence-corrected chi connectivity index (χ1v) is 11.2. The maximum Gasteiger partial charge on any atom is 0.409 e. The molecule has 2 aromatic carbocycles. The fraction of sp³-hybridized carbons (Fsp3) is 0.240. The number of hydrogen-bond acceptors (Lipinski definition) is 5. The Balaban J connectivity index is 1.51. The average molecular weight is 506 g/mol. The number of halogens is 4. The van der Waals surface area contributed by atoms with Gasteiger partial charge in [0, 0.05) is 18.2 Å². The number of hydrogen-bond donors (Lipinski definition) is 3. The Morgan fingerprint density at radius 1 is 1.20 bits per heavy atom. The zero-order valence-electron chi connectivity index (χ0n) is 18.6. The quantitative estimate of drug-likeness (QED) is 0.464. The number of nitrogens with zero attached hydrogens (tertiary/aromatic N) is 1. The van der Waals surface area contributed by atoms with Crippen LogP contribution < -0.4 is 15.5 Å². The number of nitrogens with one attached hydrogen (secondary N) is 2. The van der Waals surface area contributed by atoms with Gasteiger partial charge in [0.05, 0.1) is 11.1 Å². The van der Waals surface area contributed by atoms with Crippen molar-refractivity contribution in [1.82, 2.24) is 10.4 Å². The van der Waals surface area contributed by atoms with E-state index < -0.39 is 23.6 Å². The molecule has 3 unspecified atom stereocenters. The summed E-state index contributed by atoms with van der Waals surface area (Å²) in [4.78, 5) is 11.5. The normalized spacial score (nSPS) is 22.0. The van der Waals surface area contributed by atoms with Crippen molar-refractivity contribution >= 4 is 23.2 Å². The lowest BCUT2D eigenvalue weighted by Crippen LogP contribution is -2.52. The van der Waals surface area contributed by atoms with E-state index in [9.17, 15) is 23.1 Å². The van der Waals surface area contributed by atoms with E-state index in [4.69, 9.17) is 16.3 Å². The van der Waals surface area contributed by atoms with E-state index in [2.05, 4.69) is 10.7 Å². The highest BCUT2D eigenvalue weighted by Gasteiger charge is 2.46. The first-order valence-electron chi connectivity index (χ1n) is 10.8. The molecule has 6 nitrogen and oxygen atoms in total. The second kappa shape index (κ2) is 10.1. The minimum Gasteiger partial charge on any atom is -0.510 e. The molecular formula is C25H23ClF3N3O3. The molecule has 0 spiro atoms. The summed E-state index contributed by atoms with van der Waals surface area (Å²) >= 11 is 6.28. The number of para-hydroxylation sites is 1. The van der Waals surface area contributed by atoms with Crippen molar-refractivity contribution in [2.45, 2.75) is 30.6 Å². The van der Waals surface area contributed by atoms with E-state index in [0.717, 1.165) is 17.2 Å². The Hall–Kier alpha value is -3.43. The maximum atomic E-state index is 13.4. The molecule has 2 aromatic rings. The Morgan fingerprint density at radius 2 is 1.91 bits per heavy atom. The van der Waals surface area contributed by atoms with E-state index >= 15 is 0 Å². The van der Waals surface area contributed by atoms with Gasteiger partial charge in [-0.1, -0.05) is 42.5 Å². The molecule has 1 heterocycles. The van der Waals surface area contributed by atoms with Crippen molar-refractivity contribution in [2.24, 2.45) is 0 Å². The number of hydrazine groups is 1. The van der Waals surface area contributed by atoms with Gasteiger partial charge in [-0.05, 0) is 35.9 Å². The number of carbonyl (C=O) groups excluding carboxylic acids is 1. The molecule has 0 bridgehead atoms. The monoisotopic (exact) mass is 505 g/mol. The molecule has 3 N–H and O–H groups in total. The van der Waals surface area contributed by atoms with E-state index in [1.165, 1.54) is 18.0 Å². The zero-order chi connectivity index (χ0) is 25.2. The Morgan fingerprint density at radius 3 is 2.57 bits per heavy atom. The molecule has 3 atom stereocenters. The number of carbonyl (C=O) groups is 1. The summed E-state index contributed by atoms with van der Waals surface area (Å²) in [5, 5.41) is 13.5. The lowest BCUT2D eigenvalue weighted by Gasteiger charge is -2.35. The third-order valence-corrected chi connectivity index (χ3v) is 5.92. The number of aliphatic hydroxyl groups is 1. The molecule has 2 aliphatic rings. The van der Waals surface area contributed by atoms with Crippen molar-refractivity contribution in [1.29, 1.82) is 0 Å². The number of ether oxygens (including phenoxy) is 1. The SMILES string of the molecule is CC(=O)Nc1ccccc1-c1ccc(OCC2=CC(C(F)(F)F)NN2C2C(O)=CC=CC2Cl)cc1. The van der Waals surface area contributed by atoms with Crippen molar-refractivity contribution in [2.75, 3.05) is 11.9 Å². The van der Waals surface area contributed by atoms with Gasteiger partial charge in [-0.25, -0.2) is 5.43 Å². The van der Waals surface area contributed by atoms with Gasteiger partial charge in [-0.15, -0.1) is 11.6 Å². The van der Waals surface area contributed by atoms with Gasteiger partial charge in [0.1, 0.15) is 30.2 Å². The van der Waals surface area contributed by atoms with Gasteiger partial charge in [0.25, 0.3) is 0 Å². The highest BCUT2D eigenvalue weighted by atomic mass is 35.5. The second-order valence-corrected chi connectivity index (χ2v) is 8.59. The molecule has 4 rings (SSSR count). The van der Waals surface area contributed by atoms with Crippen LogP contribution in [0.25, 0.3) is 11.1 Å². The summed E-state index contributed by atoms with van der Waals surface area (Å²) in [5.41, 5.74) is 4.88. The molecule has 35 heavy (non-hydrogen) atoms. The summed E-state index contributed by atoms with van der Waals surface area (Å²) in [6, 6.07) is 11.5. The average Bonchev–Trinajstić information content (AvgIpc) is 3.22. The van der Waals surface area contributed by atoms with E-state index in [1.807, 2.05) is 18.2 Å². The predicted molar refractivity (Wildman–Crippen MR) is 128 cm³/mol. The summed E-state index contributed by atoms with van der Waals surface area (Å²) in [7, 11) is 0. The van der Waals surface area contributed by atoms with E-state index in [0.29, 0.717) is 11.4 Å².